The number of pyridine rings is 1. The largest absolute Gasteiger partial charge is 0.417 e. The van der Waals surface area contributed by atoms with Gasteiger partial charge in [-0.3, -0.25) is 10.2 Å². The number of hydrazine groups is 2. The van der Waals surface area contributed by atoms with E-state index in [0.29, 0.717) is 40.8 Å². The summed E-state index contributed by atoms with van der Waals surface area (Å²) in [6.07, 6.45) is -0.411. The lowest BCUT2D eigenvalue weighted by Gasteiger charge is -2.37. The summed E-state index contributed by atoms with van der Waals surface area (Å²) in [7, 11) is 3.33. The first-order valence-electron chi connectivity index (χ1n) is 16.0. The number of anilines is 2. The summed E-state index contributed by atoms with van der Waals surface area (Å²) in [5.74, 6) is -3.44. The average Bonchev–Trinajstić information content (AvgIpc) is 3.81. The number of carbonyl (C=O) groups excluding carboxylic acids is 2. The first-order chi connectivity index (χ1) is 24.3. The van der Waals surface area contributed by atoms with E-state index >= 15 is 8.78 Å². The minimum atomic E-state index is -4.72. The van der Waals surface area contributed by atoms with E-state index in [2.05, 4.69) is 15.9 Å². The summed E-state index contributed by atoms with van der Waals surface area (Å²) in [5, 5.41) is 0.919. The molecule has 8 rings (SSSR count). The normalized spacial score (nSPS) is 16.4. The van der Waals surface area contributed by atoms with Crippen LogP contribution in [0.5, 0.6) is 0 Å². The molecule has 0 spiro atoms. The van der Waals surface area contributed by atoms with Crippen molar-refractivity contribution in [3.63, 3.8) is 0 Å². The van der Waals surface area contributed by atoms with E-state index in [1.165, 1.54) is 31.2 Å². The minimum absolute atomic E-state index is 0.0367. The molecule has 1 saturated heterocycles. The Balaban J connectivity index is 1.15. The lowest BCUT2D eigenvalue weighted by molar-refractivity contribution is -0.137. The van der Waals surface area contributed by atoms with Crippen molar-refractivity contribution < 1.29 is 35.9 Å². The maximum Gasteiger partial charge on any atom is 0.417 e. The maximum atomic E-state index is 15.7. The fraction of sp³-hybridized carbons (Fsp3) is 0.265. The van der Waals surface area contributed by atoms with Crippen LogP contribution in [0, 0.1) is 11.6 Å². The molecule has 0 aliphatic carbocycles. The number of aryl methyl sites for hydroxylation is 1. The zero-order valence-corrected chi connectivity index (χ0v) is 27.2. The van der Waals surface area contributed by atoms with Gasteiger partial charge in [-0.1, -0.05) is 6.07 Å². The second-order valence-corrected chi connectivity index (χ2v) is 12.7. The fourth-order valence-corrected chi connectivity index (χ4v) is 7.24. The Hall–Kier alpha value is -5.71. The number of rotatable bonds is 3. The first kappa shape index (κ1) is 32.5. The molecule has 17 heteroatoms. The molecule has 0 bridgehead atoms. The van der Waals surface area contributed by atoms with Gasteiger partial charge in [0, 0.05) is 69.7 Å². The smallest absolute Gasteiger partial charge is 0.372 e. The molecule has 0 saturated carbocycles. The quantitative estimate of drug-likeness (QED) is 0.148. The Labute approximate surface area is 285 Å². The molecule has 2 aromatic carbocycles. The van der Waals surface area contributed by atoms with E-state index in [4.69, 9.17) is 0 Å². The van der Waals surface area contributed by atoms with Gasteiger partial charge in [-0.15, -0.1) is 5.53 Å². The Bertz CT molecular complexity index is 2280. The van der Waals surface area contributed by atoms with Crippen molar-refractivity contribution in [2.24, 2.45) is 7.05 Å². The summed E-state index contributed by atoms with van der Waals surface area (Å²) in [4.78, 5) is 35.6. The van der Waals surface area contributed by atoms with Gasteiger partial charge in [-0.05, 0) is 42.3 Å². The Morgan fingerprint density at radius 3 is 2.31 bits per heavy atom. The van der Waals surface area contributed by atoms with Crippen LogP contribution in [-0.2, 0) is 19.6 Å². The van der Waals surface area contributed by atoms with E-state index in [1.807, 2.05) is 0 Å². The molecule has 0 radical (unpaired) electrons. The maximum absolute atomic E-state index is 15.7. The molecule has 0 atom stereocenters. The number of fused-ring (bicyclic) bond motifs is 4. The zero-order valence-electron chi connectivity index (χ0n) is 27.2. The number of benzene rings is 2. The van der Waals surface area contributed by atoms with Crippen molar-refractivity contribution in [3.8, 4) is 11.1 Å². The lowest BCUT2D eigenvalue weighted by Crippen LogP contribution is -2.54. The molecule has 1 fully saturated rings. The fourth-order valence-electron chi connectivity index (χ4n) is 7.24. The summed E-state index contributed by atoms with van der Waals surface area (Å²) < 4.78 is 92.0. The number of hydrogen-bond donors (Lipinski definition) is 2. The van der Waals surface area contributed by atoms with Crippen LogP contribution in [0.2, 0.25) is 0 Å². The minimum Gasteiger partial charge on any atom is -0.372 e. The van der Waals surface area contributed by atoms with Gasteiger partial charge < -0.3 is 23.7 Å². The van der Waals surface area contributed by atoms with Crippen molar-refractivity contribution >= 4 is 39.7 Å². The number of nitrogens with one attached hydrogen (secondary N) is 2. The van der Waals surface area contributed by atoms with Gasteiger partial charge in [-0.25, -0.2) is 23.6 Å². The number of likely N-dealkylation sites (N-methyl/N-ethyl adjacent to an activating group) is 1. The van der Waals surface area contributed by atoms with Crippen molar-refractivity contribution in [1.29, 1.82) is 0 Å². The van der Waals surface area contributed by atoms with Gasteiger partial charge in [0.05, 0.1) is 40.5 Å². The number of halogens is 6. The number of hydrogen-bond acceptors (Lipinski definition) is 7. The highest BCUT2D eigenvalue weighted by atomic mass is 19.4. The Morgan fingerprint density at radius 2 is 1.65 bits per heavy atom. The number of urea groups is 1. The summed E-state index contributed by atoms with van der Waals surface area (Å²) >= 11 is 0. The van der Waals surface area contributed by atoms with Crippen LogP contribution in [0.3, 0.4) is 0 Å². The van der Waals surface area contributed by atoms with E-state index in [0.717, 1.165) is 29.4 Å². The van der Waals surface area contributed by atoms with Crippen LogP contribution in [0.15, 0.2) is 61.1 Å². The van der Waals surface area contributed by atoms with E-state index < -0.39 is 41.1 Å². The summed E-state index contributed by atoms with van der Waals surface area (Å²) in [5.41, 5.74) is 5.25. The topological polar surface area (TPSA) is 93.4 Å². The number of nitrogens with zero attached hydrogens (tertiary/aromatic N) is 7. The third-order valence-corrected chi connectivity index (χ3v) is 9.66. The second-order valence-electron chi connectivity index (χ2n) is 12.7. The molecule has 6 heterocycles. The van der Waals surface area contributed by atoms with Gasteiger partial charge in [0.1, 0.15) is 22.8 Å². The number of aromatic nitrogens is 3. The average molecular weight is 710 g/mol. The number of ketones is 1. The zero-order chi connectivity index (χ0) is 35.9. The molecule has 5 aromatic rings. The predicted molar refractivity (Wildman–Crippen MR) is 175 cm³/mol. The Morgan fingerprint density at radius 1 is 0.922 bits per heavy atom. The molecule has 51 heavy (non-hydrogen) atoms. The van der Waals surface area contributed by atoms with Gasteiger partial charge >= 0.3 is 12.2 Å². The number of carbonyl (C=O) groups is 2. The Kier molecular flexibility index (Phi) is 7.44. The summed E-state index contributed by atoms with van der Waals surface area (Å²) in [6, 6.07) is 7.09. The highest BCUT2D eigenvalue weighted by Crippen LogP contribution is 2.48. The highest BCUT2D eigenvalue weighted by molar-refractivity contribution is 6.11. The van der Waals surface area contributed by atoms with Crippen LogP contribution in [0.1, 0.15) is 27.2 Å². The molecule has 0 unspecified atom stereocenters. The lowest BCUT2D eigenvalue weighted by atomic mass is 9.92. The van der Waals surface area contributed by atoms with Crippen LogP contribution in [-0.4, -0.2) is 75.4 Å². The second kappa shape index (κ2) is 11.7. The molecular formula is C34H29F6N9O2. The third kappa shape index (κ3) is 5.21. The van der Waals surface area contributed by atoms with Gasteiger partial charge in [0.2, 0.25) is 11.7 Å². The van der Waals surface area contributed by atoms with E-state index in [1.54, 1.807) is 37.3 Å². The van der Waals surface area contributed by atoms with Crippen molar-refractivity contribution in [2.75, 3.05) is 49.6 Å². The van der Waals surface area contributed by atoms with E-state index in [9.17, 15) is 27.2 Å². The highest BCUT2D eigenvalue weighted by Gasteiger charge is 2.39. The molecule has 2 amide bonds. The third-order valence-electron chi connectivity index (χ3n) is 9.66. The van der Waals surface area contributed by atoms with Gasteiger partial charge in [0.15, 0.2) is 0 Å². The van der Waals surface area contributed by atoms with Crippen LogP contribution in [0.4, 0.5) is 42.5 Å². The SMILES string of the molecule is CN1CCc2cc(C(=O)c3cc(F)c(N4CCN(C(=O)N5C=C(F)NN5)CC4)c(F)c3)n3cccc(c23)-c2c(C(F)(F)F)cc3c(ncn3C)c21. The standard InChI is InChI=1S/C34H29F6N9O2/c1-44-7-5-18-14-25(48-6-3-4-20(29(18)48)27-21(34(38,39)40)15-24-28(31(27)44)41-17-45(24)2)32(50)19-12-22(35)30(23(36)13-19)46-8-10-47(11-9-46)33(51)49-16-26(37)42-43-49/h3-4,6,12-17,42-43H,5,7-11H2,1-2H3. The molecule has 3 aliphatic rings. The van der Waals surface area contributed by atoms with Crippen molar-refractivity contribution in [3.05, 3.63) is 95.1 Å². The van der Waals surface area contributed by atoms with Crippen LogP contribution >= 0.6 is 0 Å². The molecule has 2 N–H and O–H groups in total. The van der Waals surface area contributed by atoms with Gasteiger partial charge in [0.25, 0.3) is 0 Å². The molecule has 3 aromatic heterocycles. The monoisotopic (exact) mass is 709 g/mol. The molecule has 264 valence electrons. The van der Waals surface area contributed by atoms with Crippen LogP contribution < -0.4 is 20.8 Å². The van der Waals surface area contributed by atoms with Gasteiger partial charge in [-0.2, -0.15) is 17.6 Å². The summed E-state index contributed by atoms with van der Waals surface area (Å²) in [6.45, 7) is 0.616. The first-order valence-corrected chi connectivity index (χ1v) is 16.0. The molecular weight excluding hydrogens is 680 g/mol. The number of imidazole rings is 1. The van der Waals surface area contributed by atoms with Crippen molar-refractivity contribution in [2.45, 2.75) is 12.6 Å². The predicted octanol–water partition coefficient (Wildman–Crippen LogP) is 5.35. The molecule has 11 nitrogen and oxygen atoms in total. The molecule has 3 aliphatic heterocycles. The number of amides is 2. The number of alkyl halides is 3. The number of piperazine rings is 1. The van der Waals surface area contributed by atoms with Crippen LogP contribution in [0.25, 0.3) is 27.7 Å². The van der Waals surface area contributed by atoms with E-state index in [-0.39, 0.29) is 54.3 Å². The van der Waals surface area contributed by atoms with Crippen molar-refractivity contribution in [1.82, 2.24) is 34.8 Å².